The Morgan fingerprint density at radius 1 is 1.12 bits per heavy atom. The van der Waals surface area contributed by atoms with E-state index in [1.54, 1.807) is 0 Å². The Bertz CT molecular complexity index is 757. The molecule has 0 saturated heterocycles. The summed E-state index contributed by atoms with van der Waals surface area (Å²) in [5.41, 5.74) is -0.188. The van der Waals surface area contributed by atoms with Crippen LogP contribution < -0.4 is 34.7 Å². The minimum Gasteiger partial charge on any atom is -0.862 e. The van der Waals surface area contributed by atoms with E-state index in [4.69, 9.17) is 5.11 Å². The van der Waals surface area contributed by atoms with E-state index in [2.05, 4.69) is 25.8 Å². The fourth-order valence-corrected chi connectivity index (χ4v) is 9.06. The maximum absolute atomic E-state index is 11.6. The van der Waals surface area contributed by atoms with Gasteiger partial charge in [-0.05, 0) is 111 Å². The molecule has 0 bridgehead atoms. The molecule has 0 spiro atoms. The van der Waals surface area contributed by atoms with Crippen molar-refractivity contribution in [3.8, 4) is 0 Å². The zero-order valence-electron chi connectivity index (χ0n) is 21.2. The number of nitrogens with zero attached hydrogens (tertiary/aromatic N) is 1. The van der Waals surface area contributed by atoms with E-state index in [0.29, 0.717) is 18.3 Å². The van der Waals surface area contributed by atoms with Gasteiger partial charge >= 0.3 is 35.5 Å². The molecule has 4 rings (SSSR count). The second-order valence-corrected chi connectivity index (χ2v) is 12.1. The molecular formula is C26H42NNaO5. The van der Waals surface area contributed by atoms with Gasteiger partial charge in [0.15, 0.2) is 0 Å². The molecule has 4 saturated carbocycles. The van der Waals surface area contributed by atoms with Crippen LogP contribution in [0.15, 0.2) is 4.99 Å². The van der Waals surface area contributed by atoms with Crippen LogP contribution in [0.1, 0.15) is 85.5 Å². The maximum atomic E-state index is 11.6. The van der Waals surface area contributed by atoms with Crippen molar-refractivity contribution in [2.75, 3.05) is 0 Å². The maximum Gasteiger partial charge on any atom is 1.00 e. The van der Waals surface area contributed by atoms with Gasteiger partial charge in [-0.2, -0.15) is 0 Å². The van der Waals surface area contributed by atoms with E-state index in [9.17, 15) is 20.1 Å². The van der Waals surface area contributed by atoms with E-state index in [1.807, 2.05) is 0 Å². The monoisotopic (exact) mass is 471 g/mol. The summed E-state index contributed by atoms with van der Waals surface area (Å²) in [6.45, 7) is 8.25. The third kappa shape index (κ3) is 4.69. The van der Waals surface area contributed by atoms with Crippen molar-refractivity contribution < 1.29 is 54.8 Å². The van der Waals surface area contributed by atoms with Gasteiger partial charge in [0.05, 0.1) is 12.2 Å². The van der Waals surface area contributed by atoms with Crippen molar-refractivity contribution in [2.24, 2.45) is 51.3 Å². The predicted molar refractivity (Wildman–Crippen MR) is 121 cm³/mol. The van der Waals surface area contributed by atoms with Crippen molar-refractivity contribution in [1.82, 2.24) is 0 Å². The number of carbonyl (C=O) groups is 1. The van der Waals surface area contributed by atoms with E-state index < -0.39 is 12.1 Å². The molecule has 7 heteroatoms. The van der Waals surface area contributed by atoms with Gasteiger partial charge in [-0.3, -0.25) is 4.79 Å². The molecule has 0 amide bonds. The normalized spacial score (nSPS) is 48.1. The van der Waals surface area contributed by atoms with E-state index in [0.717, 1.165) is 44.9 Å². The van der Waals surface area contributed by atoms with Crippen molar-refractivity contribution in [2.45, 2.75) is 104 Å². The fourth-order valence-electron chi connectivity index (χ4n) is 9.06. The van der Waals surface area contributed by atoms with E-state index in [-0.39, 0.29) is 88.5 Å². The van der Waals surface area contributed by atoms with Crippen molar-refractivity contribution in [3.63, 3.8) is 0 Å². The van der Waals surface area contributed by atoms with Crippen LogP contribution in [0.25, 0.3) is 0 Å². The molecular weight excluding hydrogens is 429 g/mol. The largest absolute Gasteiger partial charge is 1.00 e. The molecule has 0 aromatic rings. The van der Waals surface area contributed by atoms with Gasteiger partial charge in [-0.15, -0.1) is 0 Å². The van der Waals surface area contributed by atoms with Crippen LogP contribution >= 0.6 is 0 Å². The Labute approximate surface area is 220 Å². The van der Waals surface area contributed by atoms with E-state index >= 15 is 0 Å². The Balaban J connectivity index is 0.00000306. The first-order chi connectivity index (χ1) is 15.0. The molecule has 6 nitrogen and oxygen atoms in total. The van der Waals surface area contributed by atoms with Crippen LogP contribution in [0.2, 0.25) is 0 Å². The molecule has 0 heterocycles. The first-order valence-electron chi connectivity index (χ1n) is 12.8. The van der Waals surface area contributed by atoms with Crippen molar-refractivity contribution in [3.05, 3.63) is 0 Å². The number of rotatable bonds is 5. The van der Waals surface area contributed by atoms with Gasteiger partial charge in [0.25, 0.3) is 0 Å². The molecule has 0 aromatic heterocycles. The van der Waals surface area contributed by atoms with Crippen LogP contribution in [0, 0.1) is 46.3 Å². The summed E-state index contributed by atoms with van der Waals surface area (Å²) < 4.78 is 0. The van der Waals surface area contributed by atoms with Gasteiger partial charge in [0.2, 0.25) is 0 Å². The zero-order chi connectivity index (χ0) is 23.4. The molecule has 11 atom stereocenters. The minimum absolute atomic E-state index is 0. The Hall–Kier alpha value is -0.140. The SMILES string of the molecule is CC([O-])=N[C@@H]1CC[C@@]2(C)[C@@H](C1)C[C@@H](O)[C@@H]1[C@@H]2C[C@H](O)[C@]2(C)[C@@H]([C@H](C)CCC(=O)O)CC[C@@H]12.[Na+]. The average Bonchev–Trinajstić information content (AvgIpc) is 3.06. The molecule has 0 unspecified atom stereocenters. The molecule has 0 aromatic carbocycles. The number of fused-ring (bicyclic) bond motifs is 5. The fraction of sp³-hybridized carbons (Fsp3) is 0.923. The van der Waals surface area contributed by atoms with Gasteiger partial charge in [-0.25, -0.2) is 0 Å². The quantitative estimate of drug-likeness (QED) is 0.302. The summed E-state index contributed by atoms with van der Waals surface area (Å²) in [6, 6.07) is 0.0686. The van der Waals surface area contributed by atoms with Crippen LogP contribution in [0.5, 0.6) is 0 Å². The Morgan fingerprint density at radius 2 is 1.82 bits per heavy atom. The second-order valence-electron chi connectivity index (χ2n) is 12.1. The number of aliphatic hydroxyl groups is 2. The predicted octanol–water partition coefficient (Wildman–Crippen LogP) is 0.239. The Morgan fingerprint density at radius 3 is 2.45 bits per heavy atom. The van der Waals surface area contributed by atoms with Crippen LogP contribution in [0.4, 0.5) is 0 Å². The zero-order valence-corrected chi connectivity index (χ0v) is 23.2. The topological polar surface area (TPSA) is 113 Å². The number of aliphatic carboxylic acids is 1. The van der Waals surface area contributed by atoms with Crippen LogP contribution in [-0.4, -0.2) is 45.4 Å². The van der Waals surface area contributed by atoms with E-state index in [1.165, 1.54) is 6.92 Å². The summed E-state index contributed by atoms with van der Waals surface area (Å²) in [5, 5.41) is 43.7. The Kier molecular flexibility index (Phi) is 8.39. The molecule has 182 valence electrons. The molecule has 0 radical (unpaired) electrons. The van der Waals surface area contributed by atoms with Crippen LogP contribution in [-0.2, 0) is 4.79 Å². The third-order valence-corrected chi connectivity index (χ3v) is 10.7. The summed E-state index contributed by atoms with van der Waals surface area (Å²) in [4.78, 5) is 15.4. The molecule has 4 fully saturated rings. The number of carboxylic acids is 1. The van der Waals surface area contributed by atoms with Crippen molar-refractivity contribution >= 4 is 11.9 Å². The number of hydrogen-bond acceptors (Lipinski definition) is 5. The molecule has 4 aliphatic rings. The summed E-state index contributed by atoms with van der Waals surface area (Å²) in [5.74, 6) is 0.786. The van der Waals surface area contributed by atoms with Crippen molar-refractivity contribution in [1.29, 1.82) is 0 Å². The average molecular weight is 472 g/mol. The van der Waals surface area contributed by atoms with Gasteiger partial charge in [-0.1, -0.05) is 20.8 Å². The third-order valence-electron chi connectivity index (χ3n) is 10.7. The number of aliphatic hydroxyl groups excluding tert-OH is 2. The molecule has 4 aliphatic carbocycles. The first kappa shape index (κ1) is 27.4. The minimum atomic E-state index is -0.755. The summed E-state index contributed by atoms with van der Waals surface area (Å²) in [6.07, 6.45) is 6.31. The molecule has 3 N–H and O–H groups in total. The van der Waals surface area contributed by atoms with Crippen LogP contribution in [0.3, 0.4) is 0 Å². The van der Waals surface area contributed by atoms with Gasteiger partial charge in [0.1, 0.15) is 0 Å². The second kappa shape index (κ2) is 10.1. The molecule has 33 heavy (non-hydrogen) atoms. The number of aliphatic imine (C=N–C) groups is 1. The van der Waals surface area contributed by atoms with Gasteiger partial charge in [0, 0.05) is 12.5 Å². The number of carboxylic acid groups (broad SMARTS) is 1. The summed E-state index contributed by atoms with van der Waals surface area (Å²) in [7, 11) is 0. The standard InChI is InChI=1S/C26H43NO5.Na/c1-14(5-8-23(31)32)18-6-7-19-24-20(13-22(30)26(18,19)4)25(3)10-9-17(27-15(2)28)11-16(25)12-21(24)29;/h14,16-22,24,29-30H,5-13H2,1-4H3,(H,27,28)(H,31,32);/q;+1/p-1/t14-,16+,17-,18-,19+,20+,21-,22+,24+,25+,26-;/m1./s1. The first-order valence-corrected chi connectivity index (χ1v) is 12.8. The summed E-state index contributed by atoms with van der Waals surface area (Å²) >= 11 is 0. The smallest absolute Gasteiger partial charge is 0.862 e. The molecule has 0 aliphatic heterocycles. The van der Waals surface area contributed by atoms with Gasteiger partial charge < -0.3 is 25.4 Å². The number of hydrogen-bond donors (Lipinski definition) is 3.